The van der Waals surface area contributed by atoms with Crippen molar-refractivity contribution in [1.82, 2.24) is 4.98 Å². The highest BCUT2D eigenvalue weighted by atomic mass is 16.1. The van der Waals surface area contributed by atoms with Crippen molar-refractivity contribution in [3.05, 3.63) is 36.0 Å². The van der Waals surface area contributed by atoms with Crippen molar-refractivity contribution in [2.45, 2.75) is 19.3 Å². The Kier molecular flexibility index (Phi) is 2.32. The summed E-state index contributed by atoms with van der Waals surface area (Å²) in [5.74, 6) is 0.207. The molecule has 3 rings (SSSR count). The second-order valence-electron chi connectivity index (χ2n) is 4.59. The Balaban J connectivity index is 1.98. The van der Waals surface area contributed by atoms with E-state index in [4.69, 9.17) is 0 Å². The Morgan fingerprint density at radius 2 is 2.12 bits per heavy atom. The largest absolute Gasteiger partial charge is 0.360 e. The summed E-state index contributed by atoms with van der Waals surface area (Å²) in [6.07, 6.45) is 3.43. The lowest BCUT2D eigenvalue weighted by Gasteiger charge is -2.05. The smallest absolute Gasteiger partial charge is 0.168 e. The number of benzene rings is 1. The summed E-state index contributed by atoms with van der Waals surface area (Å²) in [7, 11) is 0. The van der Waals surface area contributed by atoms with E-state index < -0.39 is 0 Å². The molecule has 1 atom stereocenters. The molecular formula is C14H13NO2. The number of hydrogen-bond donors (Lipinski definition) is 1. The molecule has 3 nitrogen and oxygen atoms in total. The van der Waals surface area contributed by atoms with Gasteiger partial charge in [0, 0.05) is 41.4 Å². The SMILES string of the molecule is O=C1CCC(C(=O)c2c[nH]c3ccccc23)C1. The predicted octanol–water partition coefficient (Wildman–Crippen LogP) is 2.72. The highest BCUT2D eigenvalue weighted by Crippen LogP contribution is 2.28. The third-order valence-corrected chi connectivity index (χ3v) is 3.47. The van der Waals surface area contributed by atoms with Gasteiger partial charge in [-0.25, -0.2) is 0 Å². The topological polar surface area (TPSA) is 49.9 Å². The molecule has 1 aromatic heterocycles. The fourth-order valence-electron chi connectivity index (χ4n) is 2.53. The van der Waals surface area contributed by atoms with E-state index in [1.807, 2.05) is 24.3 Å². The van der Waals surface area contributed by atoms with Crippen LogP contribution in [0.2, 0.25) is 0 Å². The van der Waals surface area contributed by atoms with Crippen LogP contribution in [0.4, 0.5) is 0 Å². The normalized spacial score (nSPS) is 20.0. The van der Waals surface area contributed by atoms with Gasteiger partial charge in [-0.2, -0.15) is 0 Å². The molecule has 2 aromatic rings. The highest BCUT2D eigenvalue weighted by molar-refractivity contribution is 6.10. The summed E-state index contributed by atoms with van der Waals surface area (Å²) >= 11 is 0. The van der Waals surface area contributed by atoms with Crippen molar-refractivity contribution < 1.29 is 9.59 Å². The lowest BCUT2D eigenvalue weighted by Crippen LogP contribution is -2.11. The number of H-pyrrole nitrogens is 1. The van der Waals surface area contributed by atoms with Crippen LogP contribution >= 0.6 is 0 Å². The molecule has 0 spiro atoms. The number of aromatic amines is 1. The van der Waals surface area contributed by atoms with E-state index in [1.165, 1.54) is 0 Å². The number of fused-ring (bicyclic) bond motifs is 1. The molecular weight excluding hydrogens is 214 g/mol. The van der Waals surface area contributed by atoms with Crippen LogP contribution in [0.3, 0.4) is 0 Å². The van der Waals surface area contributed by atoms with Gasteiger partial charge in [-0.05, 0) is 12.5 Å². The Bertz CT molecular complexity index is 597. The van der Waals surface area contributed by atoms with Gasteiger partial charge in [0.25, 0.3) is 0 Å². The summed E-state index contributed by atoms with van der Waals surface area (Å²) < 4.78 is 0. The van der Waals surface area contributed by atoms with E-state index >= 15 is 0 Å². The molecule has 0 aliphatic heterocycles. The molecule has 1 unspecified atom stereocenters. The van der Waals surface area contributed by atoms with Gasteiger partial charge in [0.2, 0.25) is 0 Å². The summed E-state index contributed by atoms with van der Waals surface area (Å²) in [5.41, 5.74) is 1.69. The predicted molar refractivity (Wildman–Crippen MR) is 65.0 cm³/mol. The monoisotopic (exact) mass is 227 g/mol. The Hall–Kier alpha value is -1.90. The van der Waals surface area contributed by atoms with Crippen molar-refractivity contribution in [1.29, 1.82) is 0 Å². The number of hydrogen-bond acceptors (Lipinski definition) is 2. The minimum Gasteiger partial charge on any atom is -0.360 e. The first-order valence-electron chi connectivity index (χ1n) is 5.88. The fourth-order valence-corrected chi connectivity index (χ4v) is 2.53. The average molecular weight is 227 g/mol. The third kappa shape index (κ3) is 1.68. The van der Waals surface area contributed by atoms with Crippen LogP contribution in [0.1, 0.15) is 29.6 Å². The lowest BCUT2D eigenvalue weighted by molar-refractivity contribution is -0.117. The second-order valence-corrected chi connectivity index (χ2v) is 4.59. The molecule has 86 valence electrons. The first-order valence-corrected chi connectivity index (χ1v) is 5.88. The molecule has 0 saturated heterocycles. The molecule has 0 amide bonds. The molecule has 1 fully saturated rings. The molecule has 0 bridgehead atoms. The van der Waals surface area contributed by atoms with Crippen LogP contribution in [-0.2, 0) is 4.79 Å². The van der Waals surface area contributed by atoms with Crippen LogP contribution < -0.4 is 0 Å². The van der Waals surface area contributed by atoms with E-state index in [0.29, 0.717) is 19.3 Å². The zero-order valence-corrected chi connectivity index (χ0v) is 9.40. The first kappa shape index (κ1) is 10.3. The molecule has 1 aliphatic rings. The van der Waals surface area contributed by atoms with Gasteiger partial charge in [-0.1, -0.05) is 18.2 Å². The van der Waals surface area contributed by atoms with Crippen molar-refractivity contribution in [3.63, 3.8) is 0 Å². The minimum atomic E-state index is -0.110. The first-order chi connectivity index (χ1) is 8.25. The van der Waals surface area contributed by atoms with E-state index in [0.717, 1.165) is 16.5 Å². The molecule has 1 saturated carbocycles. The van der Waals surface area contributed by atoms with Gasteiger partial charge in [0.05, 0.1) is 0 Å². The van der Waals surface area contributed by atoms with Crippen molar-refractivity contribution in [2.75, 3.05) is 0 Å². The summed E-state index contributed by atoms with van der Waals surface area (Å²) in [4.78, 5) is 26.6. The molecule has 17 heavy (non-hydrogen) atoms. The fraction of sp³-hybridized carbons (Fsp3) is 0.286. The van der Waals surface area contributed by atoms with Gasteiger partial charge in [0.1, 0.15) is 5.78 Å². The van der Waals surface area contributed by atoms with Crippen LogP contribution in [0, 0.1) is 5.92 Å². The minimum absolute atomic E-state index is 0.105. The quantitative estimate of drug-likeness (QED) is 0.802. The van der Waals surface area contributed by atoms with Crippen molar-refractivity contribution in [2.24, 2.45) is 5.92 Å². The summed E-state index contributed by atoms with van der Waals surface area (Å²) in [5, 5.41) is 0.955. The van der Waals surface area contributed by atoms with Crippen LogP contribution in [0.15, 0.2) is 30.5 Å². The van der Waals surface area contributed by atoms with E-state index in [2.05, 4.69) is 4.98 Å². The van der Waals surface area contributed by atoms with Gasteiger partial charge in [-0.3, -0.25) is 9.59 Å². The number of aromatic nitrogens is 1. The number of rotatable bonds is 2. The maximum absolute atomic E-state index is 12.3. The highest BCUT2D eigenvalue weighted by Gasteiger charge is 2.29. The molecule has 3 heteroatoms. The number of ketones is 2. The average Bonchev–Trinajstić information content (AvgIpc) is 2.94. The third-order valence-electron chi connectivity index (χ3n) is 3.47. The van der Waals surface area contributed by atoms with Gasteiger partial charge < -0.3 is 4.98 Å². The molecule has 0 radical (unpaired) electrons. The molecule has 1 heterocycles. The number of para-hydroxylation sites is 1. The Morgan fingerprint density at radius 3 is 2.88 bits per heavy atom. The Morgan fingerprint density at radius 1 is 1.29 bits per heavy atom. The zero-order valence-electron chi connectivity index (χ0n) is 9.40. The maximum atomic E-state index is 12.3. The molecule has 1 aliphatic carbocycles. The van der Waals surface area contributed by atoms with Gasteiger partial charge in [-0.15, -0.1) is 0 Å². The number of Topliss-reactive ketones (excluding diaryl/α,β-unsaturated/α-hetero) is 2. The maximum Gasteiger partial charge on any atom is 0.168 e. The standard InChI is InChI=1S/C14H13NO2/c16-10-6-5-9(7-10)14(17)12-8-15-13-4-2-1-3-11(12)13/h1-4,8-9,15H,5-7H2. The lowest BCUT2D eigenvalue weighted by atomic mass is 9.96. The number of nitrogens with one attached hydrogen (secondary N) is 1. The number of carbonyl (C=O) groups is 2. The van der Waals surface area contributed by atoms with Gasteiger partial charge >= 0.3 is 0 Å². The van der Waals surface area contributed by atoms with Crippen molar-refractivity contribution >= 4 is 22.5 Å². The van der Waals surface area contributed by atoms with Crippen LogP contribution in [0.5, 0.6) is 0 Å². The van der Waals surface area contributed by atoms with Gasteiger partial charge in [0.15, 0.2) is 5.78 Å². The summed E-state index contributed by atoms with van der Waals surface area (Å²) in [6, 6.07) is 7.75. The van der Waals surface area contributed by atoms with E-state index in [-0.39, 0.29) is 17.5 Å². The Labute approximate surface area is 98.8 Å². The molecule has 1 aromatic carbocycles. The van der Waals surface area contributed by atoms with Crippen molar-refractivity contribution in [3.8, 4) is 0 Å². The van der Waals surface area contributed by atoms with Crippen LogP contribution in [-0.4, -0.2) is 16.6 Å². The number of carbonyl (C=O) groups excluding carboxylic acids is 2. The van der Waals surface area contributed by atoms with Crippen LogP contribution in [0.25, 0.3) is 10.9 Å². The molecule has 1 N–H and O–H groups in total. The van der Waals surface area contributed by atoms with E-state index in [1.54, 1.807) is 6.20 Å². The second kappa shape index (κ2) is 3.84. The zero-order chi connectivity index (χ0) is 11.8. The summed E-state index contributed by atoms with van der Waals surface area (Å²) in [6.45, 7) is 0. The van der Waals surface area contributed by atoms with E-state index in [9.17, 15) is 9.59 Å².